The number of hydrogen-bond donors (Lipinski definition) is 1. The Labute approximate surface area is 233 Å². The number of halogens is 6. The highest BCUT2D eigenvalue weighted by atomic mass is 19.4. The van der Waals surface area contributed by atoms with Gasteiger partial charge in [0.2, 0.25) is 5.91 Å². The summed E-state index contributed by atoms with van der Waals surface area (Å²) in [6, 6.07) is 7.75. The van der Waals surface area contributed by atoms with Crippen LogP contribution in [0, 0.1) is 16.0 Å². The largest absolute Gasteiger partial charge is 0.423 e. The number of carbonyl (C=O) groups excluding carboxylic acids is 1. The average Bonchev–Trinajstić information content (AvgIpc) is 2.92. The number of nitro groups is 1. The number of nitrogens with one attached hydrogen (secondary N) is 1. The molecule has 2 aromatic rings. The zero-order chi connectivity index (χ0) is 29.9. The molecule has 0 aliphatic carbocycles. The molecule has 2 fully saturated rings. The Morgan fingerprint density at radius 3 is 2.10 bits per heavy atom. The van der Waals surface area contributed by atoms with Crippen molar-refractivity contribution in [3.63, 3.8) is 0 Å². The van der Waals surface area contributed by atoms with E-state index in [-0.39, 0.29) is 23.6 Å². The second-order valence-electron chi connectivity index (χ2n) is 10.5. The molecule has 0 bridgehead atoms. The Morgan fingerprint density at radius 2 is 1.56 bits per heavy atom. The molecule has 0 unspecified atom stereocenters. The van der Waals surface area contributed by atoms with Gasteiger partial charge in [-0.1, -0.05) is 6.92 Å². The molecule has 2 aliphatic rings. The van der Waals surface area contributed by atoms with Gasteiger partial charge in [-0.2, -0.15) is 26.3 Å². The monoisotopic (exact) mass is 587 g/mol. The molecule has 14 heteroatoms. The highest BCUT2D eigenvalue weighted by Crippen LogP contribution is 2.38. The van der Waals surface area contributed by atoms with Crippen LogP contribution in [0.4, 0.5) is 43.4 Å². The Kier molecular flexibility index (Phi) is 9.00. The number of rotatable bonds is 7. The second-order valence-corrected chi connectivity index (χ2v) is 10.5. The Hall–Kier alpha value is -3.55. The maximum absolute atomic E-state index is 13.3. The Balaban J connectivity index is 1.23. The summed E-state index contributed by atoms with van der Waals surface area (Å²) in [5.74, 6) is -0.288. The summed E-state index contributed by atoms with van der Waals surface area (Å²) in [7, 11) is 0. The van der Waals surface area contributed by atoms with E-state index in [0.717, 1.165) is 30.0 Å². The molecule has 2 aliphatic heterocycles. The molecule has 224 valence electrons. The van der Waals surface area contributed by atoms with Crippen LogP contribution in [0.2, 0.25) is 0 Å². The molecule has 1 amide bonds. The Bertz CT molecular complexity index is 1220. The first-order valence-electron chi connectivity index (χ1n) is 13.3. The van der Waals surface area contributed by atoms with Gasteiger partial charge >= 0.3 is 12.4 Å². The smallest absolute Gasteiger partial charge is 0.382 e. The fourth-order valence-corrected chi connectivity index (χ4v) is 5.32. The van der Waals surface area contributed by atoms with Crippen molar-refractivity contribution in [2.75, 3.05) is 56.0 Å². The van der Waals surface area contributed by atoms with Crippen LogP contribution in [0.5, 0.6) is 0 Å². The summed E-state index contributed by atoms with van der Waals surface area (Å²) in [6.45, 7) is 5.85. The quantitative estimate of drug-likeness (QED) is 0.262. The molecule has 0 aromatic heterocycles. The fraction of sp³-hybridized carbons (Fsp3) is 0.519. The van der Waals surface area contributed by atoms with Crippen LogP contribution in [0.3, 0.4) is 0 Å². The molecule has 2 aromatic carbocycles. The SMILES string of the molecule is C[C@H](CN1CCN(c2ccc(C(F)(F)F)cc2)CC1)C(=O)N1CCC(Nc2ccc([N+](=O)[O-])c(C(F)(F)F)c2)CC1. The molecular formula is C27H31F6N5O3. The standard InChI is InChI=1S/C27H31F6N5O3/c1-18(17-35-12-14-36(15-13-35)22-5-2-19(3-6-22)26(28,29)30)25(39)37-10-8-20(9-11-37)34-21-4-7-24(38(40)41)23(16-21)27(31,32)33/h2-7,16,18,20,34H,8-15,17H2,1H3/t18-/m1/s1. The molecular weight excluding hydrogens is 556 g/mol. The van der Waals surface area contributed by atoms with Crippen molar-refractivity contribution in [2.24, 2.45) is 5.92 Å². The number of nitro benzene ring substituents is 1. The van der Waals surface area contributed by atoms with E-state index in [9.17, 15) is 41.3 Å². The van der Waals surface area contributed by atoms with Crippen LogP contribution < -0.4 is 10.2 Å². The molecule has 8 nitrogen and oxygen atoms in total. The van der Waals surface area contributed by atoms with Gasteiger partial charge in [-0.25, -0.2) is 0 Å². The number of piperidine rings is 1. The average molecular weight is 588 g/mol. The van der Waals surface area contributed by atoms with Gasteiger partial charge in [0.25, 0.3) is 5.69 Å². The summed E-state index contributed by atoms with van der Waals surface area (Å²) >= 11 is 0. The minimum absolute atomic E-state index is 0.0108. The third kappa shape index (κ3) is 7.60. The van der Waals surface area contributed by atoms with E-state index < -0.39 is 34.1 Å². The van der Waals surface area contributed by atoms with E-state index in [1.54, 1.807) is 4.90 Å². The van der Waals surface area contributed by atoms with Crippen molar-refractivity contribution in [1.29, 1.82) is 0 Å². The van der Waals surface area contributed by atoms with Crippen LogP contribution in [-0.4, -0.2) is 72.5 Å². The lowest BCUT2D eigenvalue weighted by Crippen LogP contribution is -2.50. The van der Waals surface area contributed by atoms with Crippen LogP contribution in [0.15, 0.2) is 42.5 Å². The molecule has 0 spiro atoms. The van der Waals surface area contributed by atoms with E-state index in [1.165, 1.54) is 18.2 Å². The van der Waals surface area contributed by atoms with Crippen molar-refractivity contribution in [2.45, 2.75) is 38.2 Å². The minimum atomic E-state index is -4.86. The van der Waals surface area contributed by atoms with Crippen molar-refractivity contribution < 1.29 is 36.1 Å². The number of anilines is 2. The topological polar surface area (TPSA) is 82.0 Å². The number of hydrogen-bond acceptors (Lipinski definition) is 6. The van der Waals surface area contributed by atoms with Crippen molar-refractivity contribution >= 4 is 23.0 Å². The third-order valence-electron chi connectivity index (χ3n) is 7.56. The van der Waals surface area contributed by atoms with Crippen LogP contribution >= 0.6 is 0 Å². The van der Waals surface area contributed by atoms with Gasteiger partial charge in [0.05, 0.1) is 10.5 Å². The number of likely N-dealkylation sites (tertiary alicyclic amines) is 1. The number of piperazine rings is 1. The lowest BCUT2D eigenvalue weighted by atomic mass is 10.0. The highest BCUT2D eigenvalue weighted by Gasteiger charge is 2.39. The Morgan fingerprint density at radius 1 is 0.951 bits per heavy atom. The number of amides is 1. The predicted molar refractivity (Wildman–Crippen MR) is 141 cm³/mol. The van der Waals surface area contributed by atoms with E-state index in [4.69, 9.17) is 0 Å². The number of benzene rings is 2. The van der Waals surface area contributed by atoms with Crippen molar-refractivity contribution in [1.82, 2.24) is 9.80 Å². The van der Waals surface area contributed by atoms with E-state index >= 15 is 0 Å². The van der Waals surface area contributed by atoms with Gasteiger partial charge in [-0.05, 0) is 49.2 Å². The molecule has 0 saturated carbocycles. The summed E-state index contributed by atoms with van der Waals surface area (Å²) < 4.78 is 78.3. The maximum Gasteiger partial charge on any atom is 0.423 e. The highest BCUT2D eigenvalue weighted by molar-refractivity contribution is 5.78. The van der Waals surface area contributed by atoms with Crippen molar-refractivity contribution in [3.8, 4) is 0 Å². The lowest BCUT2D eigenvalue weighted by molar-refractivity contribution is -0.388. The predicted octanol–water partition coefficient (Wildman–Crippen LogP) is 5.49. The van der Waals surface area contributed by atoms with Crippen LogP contribution in [-0.2, 0) is 17.1 Å². The second kappa shape index (κ2) is 12.1. The summed E-state index contributed by atoms with van der Waals surface area (Å²) in [5.41, 5.74) is -2.14. The lowest BCUT2D eigenvalue weighted by Gasteiger charge is -2.38. The first-order valence-corrected chi connectivity index (χ1v) is 13.3. The minimum Gasteiger partial charge on any atom is -0.382 e. The van der Waals surface area contributed by atoms with Gasteiger partial charge in [0.1, 0.15) is 5.56 Å². The van der Waals surface area contributed by atoms with E-state index in [0.29, 0.717) is 58.7 Å². The number of alkyl halides is 6. The summed E-state index contributed by atoms with van der Waals surface area (Å²) in [6.07, 6.45) is -8.20. The molecule has 41 heavy (non-hydrogen) atoms. The maximum atomic E-state index is 13.3. The van der Waals surface area contributed by atoms with Crippen LogP contribution in [0.1, 0.15) is 30.9 Å². The molecule has 4 rings (SSSR count). The number of nitrogens with zero attached hydrogens (tertiary/aromatic N) is 4. The van der Waals surface area contributed by atoms with Gasteiger partial charge in [0, 0.05) is 75.2 Å². The summed E-state index contributed by atoms with van der Waals surface area (Å²) in [5, 5.41) is 14.0. The van der Waals surface area contributed by atoms with Gasteiger partial charge < -0.3 is 15.1 Å². The zero-order valence-corrected chi connectivity index (χ0v) is 22.3. The normalized spacial score (nSPS) is 18.3. The third-order valence-corrected chi connectivity index (χ3v) is 7.56. The van der Waals surface area contributed by atoms with Crippen molar-refractivity contribution in [3.05, 3.63) is 63.7 Å². The summed E-state index contributed by atoms with van der Waals surface area (Å²) in [4.78, 5) is 28.9. The molecule has 2 saturated heterocycles. The first-order chi connectivity index (χ1) is 19.2. The van der Waals surface area contributed by atoms with Gasteiger partial charge in [0.15, 0.2) is 0 Å². The molecule has 2 heterocycles. The fourth-order valence-electron chi connectivity index (χ4n) is 5.32. The number of carbonyl (C=O) groups is 1. The van der Waals surface area contributed by atoms with Crippen LogP contribution in [0.25, 0.3) is 0 Å². The van der Waals surface area contributed by atoms with Gasteiger partial charge in [-0.15, -0.1) is 0 Å². The molecule has 1 N–H and O–H groups in total. The molecule has 0 radical (unpaired) electrons. The van der Waals surface area contributed by atoms with E-state index in [1.807, 2.05) is 11.8 Å². The molecule has 1 atom stereocenters. The first kappa shape index (κ1) is 30.4. The van der Waals surface area contributed by atoms with E-state index in [2.05, 4.69) is 10.2 Å². The van der Waals surface area contributed by atoms with Gasteiger partial charge in [-0.3, -0.25) is 19.8 Å². The zero-order valence-electron chi connectivity index (χ0n) is 22.3.